The van der Waals surface area contributed by atoms with Gasteiger partial charge in [0.05, 0.1) is 11.9 Å². The molecule has 0 spiro atoms. The van der Waals surface area contributed by atoms with Crippen LogP contribution in [-0.4, -0.2) is 40.4 Å². The van der Waals surface area contributed by atoms with E-state index in [4.69, 9.17) is 0 Å². The number of hydrogen-bond acceptors (Lipinski definition) is 3. The lowest BCUT2D eigenvalue weighted by atomic mass is 9.84. The number of aryl methyl sites for hydroxylation is 1. The molecule has 0 aromatic carbocycles. The van der Waals surface area contributed by atoms with Crippen molar-refractivity contribution >= 4 is 5.69 Å². The van der Waals surface area contributed by atoms with Crippen molar-refractivity contribution in [2.24, 2.45) is 5.92 Å². The molecule has 1 aromatic heterocycles. The molecule has 3 aliphatic heterocycles. The zero-order valence-corrected chi connectivity index (χ0v) is 9.89. The van der Waals surface area contributed by atoms with Crippen LogP contribution in [0.3, 0.4) is 0 Å². The Kier molecular flexibility index (Phi) is 2.59. The molecule has 16 heavy (non-hydrogen) atoms. The van der Waals surface area contributed by atoms with Crippen molar-refractivity contribution in [2.75, 3.05) is 25.0 Å². The second-order valence-corrected chi connectivity index (χ2v) is 4.97. The summed E-state index contributed by atoms with van der Waals surface area (Å²) in [6.45, 7) is 6.88. The first kappa shape index (κ1) is 10.1. The normalized spacial score (nSPS) is 32.9. The smallest absolute Gasteiger partial charge is 0.0729 e. The topological polar surface area (TPSA) is 33.1 Å². The molecule has 1 aromatic rings. The third kappa shape index (κ3) is 1.82. The van der Waals surface area contributed by atoms with Gasteiger partial charge in [0.25, 0.3) is 0 Å². The van der Waals surface area contributed by atoms with Crippen molar-refractivity contribution in [3.63, 3.8) is 0 Å². The second kappa shape index (κ2) is 4.09. The summed E-state index contributed by atoms with van der Waals surface area (Å²) in [6, 6.07) is 0.636. The second-order valence-electron chi connectivity index (χ2n) is 4.97. The van der Waals surface area contributed by atoms with Gasteiger partial charge in [0.15, 0.2) is 0 Å². The van der Waals surface area contributed by atoms with Crippen LogP contribution in [0.15, 0.2) is 12.4 Å². The molecular formula is C12H20N4. The van der Waals surface area contributed by atoms with Crippen LogP contribution in [0, 0.1) is 5.92 Å². The molecule has 3 aliphatic rings. The molecule has 4 heterocycles. The van der Waals surface area contributed by atoms with Crippen LogP contribution in [0.25, 0.3) is 0 Å². The molecule has 0 aliphatic carbocycles. The van der Waals surface area contributed by atoms with E-state index in [9.17, 15) is 0 Å². The van der Waals surface area contributed by atoms with Crippen molar-refractivity contribution in [2.45, 2.75) is 32.4 Å². The fraction of sp³-hybridized carbons (Fsp3) is 0.750. The zero-order valence-electron chi connectivity index (χ0n) is 9.89. The molecular weight excluding hydrogens is 200 g/mol. The number of anilines is 1. The van der Waals surface area contributed by atoms with Gasteiger partial charge in [0.1, 0.15) is 0 Å². The summed E-state index contributed by atoms with van der Waals surface area (Å²) in [6.07, 6.45) is 6.78. The molecule has 3 fully saturated rings. The summed E-state index contributed by atoms with van der Waals surface area (Å²) in [5.41, 5.74) is 1.18. The van der Waals surface area contributed by atoms with Gasteiger partial charge >= 0.3 is 0 Å². The van der Waals surface area contributed by atoms with Crippen LogP contribution in [0.5, 0.6) is 0 Å². The lowest BCUT2D eigenvalue weighted by Gasteiger charge is -2.45. The summed E-state index contributed by atoms with van der Waals surface area (Å²) in [4.78, 5) is 2.57. The standard InChI is InChI=1S/C12H20N4/c1-2-16-8-11(7-13-16)14-12-9-15-5-3-10(12)4-6-15/h7-8,10,12,14H,2-6,9H2,1H3. The molecule has 1 unspecified atom stereocenters. The predicted octanol–water partition coefficient (Wildman–Crippen LogP) is 1.41. The molecule has 88 valence electrons. The number of fused-ring (bicyclic) bond motifs is 3. The molecule has 0 amide bonds. The number of hydrogen-bond donors (Lipinski definition) is 1. The van der Waals surface area contributed by atoms with E-state index in [1.807, 2.05) is 10.9 Å². The minimum atomic E-state index is 0.636. The predicted molar refractivity (Wildman–Crippen MR) is 64.5 cm³/mol. The van der Waals surface area contributed by atoms with Crippen LogP contribution >= 0.6 is 0 Å². The first-order valence-electron chi connectivity index (χ1n) is 6.36. The first-order valence-corrected chi connectivity index (χ1v) is 6.36. The average molecular weight is 220 g/mol. The van der Waals surface area contributed by atoms with E-state index in [0.717, 1.165) is 12.5 Å². The lowest BCUT2D eigenvalue weighted by molar-refractivity contribution is 0.0975. The van der Waals surface area contributed by atoms with E-state index in [1.165, 1.54) is 38.2 Å². The van der Waals surface area contributed by atoms with Crippen molar-refractivity contribution in [3.8, 4) is 0 Å². The molecule has 0 saturated carbocycles. The zero-order chi connectivity index (χ0) is 11.0. The van der Waals surface area contributed by atoms with Gasteiger partial charge in [-0.05, 0) is 38.8 Å². The summed E-state index contributed by atoms with van der Waals surface area (Å²) in [7, 11) is 0. The Morgan fingerprint density at radius 3 is 2.81 bits per heavy atom. The van der Waals surface area contributed by atoms with Gasteiger partial charge in [0, 0.05) is 25.3 Å². The van der Waals surface area contributed by atoms with E-state index in [1.54, 1.807) is 0 Å². The molecule has 1 atom stereocenters. The van der Waals surface area contributed by atoms with Crippen LogP contribution in [-0.2, 0) is 6.54 Å². The highest BCUT2D eigenvalue weighted by Crippen LogP contribution is 2.29. The van der Waals surface area contributed by atoms with Gasteiger partial charge in [-0.2, -0.15) is 5.10 Å². The third-order valence-corrected chi connectivity index (χ3v) is 3.97. The van der Waals surface area contributed by atoms with Crippen molar-refractivity contribution in [1.82, 2.24) is 14.7 Å². The van der Waals surface area contributed by atoms with Crippen LogP contribution in [0.4, 0.5) is 5.69 Å². The lowest BCUT2D eigenvalue weighted by Crippen LogP contribution is -2.53. The number of nitrogens with one attached hydrogen (secondary N) is 1. The SMILES string of the molecule is CCn1cc(NC2CN3CCC2CC3)cn1. The highest BCUT2D eigenvalue weighted by Gasteiger charge is 2.33. The van der Waals surface area contributed by atoms with Crippen molar-refractivity contribution in [3.05, 3.63) is 12.4 Å². The molecule has 4 nitrogen and oxygen atoms in total. The Labute approximate surface area is 96.6 Å². The minimum absolute atomic E-state index is 0.636. The van der Waals surface area contributed by atoms with Gasteiger partial charge in [-0.25, -0.2) is 0 Å². The molecule has 4 heteroatoms. The van der Waals surface area contributed by atoms with Crippen LogP contribution in [0.1, 0.15) is 19.8 Å². The Bertz CT molecular complexity index is 352. The van der Waals surface area contributed by atoms with Crippen LogP contribution < -0.4 is 5.32 Å². The number of piperidine rings is 3. The average Bonchev–Trinajstić information content (AvgIpc) is 2.78. The fourth-order valence-electron chi connectivity index (χ4n) is 2.95. The largest absolute Gasteiger partial charge is 0.378 e. The van der Waals surface area contributed by atoms with Crippen molar-refractivity contribution < 1.29 is 0 Å². The molecule has 3 saturated heterocycles. The summed E-state index contributed by atoms with van der Waals surface area (Å²) in [5, 5.41) is 7.94. The number of nitrogens with zero attached hydrogens (tertiary/aromatic N) is 3. The summed E-state index contributed by atoms with van der Waals surface area (Å²) in [5.74, 6) is 0.870. The van der Waals surface area contributed by atoms with Gasteiger partial charge in [0.2, 0.25) is 0 Å². The molecule has 4 rings (SSSR count). The third-order valence-electron chi connectivity index (χ3n) is 3.97. The maximum Gasteiger partial charge on any atom is 0.0729 e. The van der Waals surface area contributed by atoms with Crippen LogP contribution in [0.2, 0.25) is 0 Å². The highest BCUT2D eigenvalue weighted by molar-refractivity contribution is 5.40. The maximum absolute atomic E-state index is 4.30. The number of rotatable bonds is 3. The minimum Gasteiger partial charge on any atom is -0.378 e. The van der Waals surface area contributed by atoms with Crippen molar-refractivity contribution in [1.29, 1.82) is 0 Å². The van der Waals surface area contributed by atoms with E-state index < -0.39 is 0 Å². The molecule has 2 bridgehead atoms. The van der Waals surface area contributed by atoms with E-state index in [-0.39, 0.29) is 0 Å². The first-order chi connectivity index (χ1) is 7.85. The fourth-order valence-corrected chi connectivity index (χ4v) is 2.95. The van der Waals surface area contributed by atoms with E-state index in [0.29, 0.717) is 6.04 Å². The van der Waals surface area contributed by atoms with Gasteiger partial charge in [-0.15, -0.1) is 0 Å². The molecule has 0 radical (unpaired) electrons. The molecule has 1 N–H and O–H groups in total. The van der Waals surface area contributed by atoms with Gasteiger partial charge in [-0.1, -0.05) is 0 Å². The van der Waals surface area contributed by atoms with E-state index in [2.05, 4.69) is 28.4 Å². The Morgan fingerprint density at radius 1 is 1.44 bits per heavy atom. The number of aromatic nitrogens is 2. The Morgan fingerprint density at radius 2 is 2.25 bits per heavy atom. The van der Waals surface area contributed by atoms with Gasteiger partial charge < -0.3 is 10.2 Å². The summed E-state index contributed by atoms with van der Waals surface area (Å²) >= 11 is 0. The Hall–Kier alpha value is -1.03. The Balaban J connectivity index is 1.66. The van der Waals surface area contributed by atoms with E-state index >= 15 is 0 Å². The quantitative estimate of drug-likeness (QED) is 0.836. The highest BCUT2D eigenvalue weighted by atomic mass is 15.3. The van der Waals surface area contributed by atoms with Gasteiger partial charge in [-0.3, -0.25) is 4.68 Å². The monoisotopic (exact) mass is 220 g/mol. The maximum atomic E-state index is 4.30. The summed E-state index contributed by atoms with van der Waals surface area (Å²) < 4.78 is 1.98.